The average Bonchev–Trinajstić information content (AvgIpc) is 2.72. The Labute approximate surface area is 177 Å². The summed E-state index contributed by atoms with van der Waals surface area (Å²) in [6.45, 7) is 3.27. The van der Waals surface area contributed by atoms with Crippen molar-refractivity contribution in [1.82, 2.24) is 9.21 Å². The minimum absolute atomic E-state index is 0.177. The molecule has 30 heavy (non-hydrogen) atoms. The topological polar surface area (TPSA) is 110 Å². The third kappa shape index (κ3) is 5.57. The molecule has 1 aromatic rings. The first-order valence-electron chi connectivity index (χ1n) is 9.60. The molecular weight excluding hydrogens is 412 g/mol. The smallest absolute Gasteiger partial charge is 0.325 e. The van der Waals surface area contributed by atoms with E-state index in [2.05, 4.69) is 9.47 Å². The van der Waals surface area contributed by atoms with Crippen molar-refractivity contribution in [3.05, 3.63) is 29.3 Å². The molecule has 10 heteroatoms. The minimum Gasteiger partial charge on any atom is -0.468 e. The second-order valence-corrected chi connectivity index (χ2v) is 9.20. The highest BCUT2D eigenvalue weighted by Gasteiger charge is 2.35. The molecule has 0 unspecified atom stereocenters. The summed E-state index contributed by atoms with van der Waals surface area (Å²) in [5, 5.41) is 0. The molecule has 0 N–H and O–H groups in total. The van der Waals surface area contributed by atoms with E-state index in [4.69, 9.17) is 0 Å². The quantitative estimate of drug-likeness (QED) is 0.579. The number of amides is 1. The standard InChI is InChI=1S/C20H28N2O7S/c1-14-5-6-17(15(2)11-14)30(26,27)22-9-7-16(8-10-22)20(25)21(12-18(23)28-3)13-19(24)29-4/h5-6,11,16H,7-10,12-13H2,1-4H3. The van der Waals surface area contributed by atoms with Gasteiger partial charge in [-0.15, -0.1) is 0 Å². The molecule has 0 bridgehead atoms. The van der Waals surface area contributed by atoms with Crippen LogP contribution >= 0.6 is 0 Å². The summed E-state index contributed by atoms with van der Waals surface area (Å²) in [5.74, 6) is -2.19. The van der Waals surface area contributed by atoms with Crippen LogP contribution in [0.25, 0.3) is 0 Å². The molecule has 2 rings (SSSR count). The van der Waals surface area contributed by atoms with Crippen LogP contribution in [0.2, 0.25) is 0 Å². The molecule has 1 fully saturated rings. The zero-order valence-corrected chi connectivity index (χ0v) is 18.5. The fraction of sp³-hybridized carbons (Fsp3) is 0.550. The molecule has 0 atom stereocenters. The number of benzene rings is 1. The molecule has 0 spiro atoms. The van der Waals surface area contributed by atoms with Crippen LogP contribution in [-0.4, -0.2) is 75.9 Å². The van der Waals surface area contributed by atoms with Crippen molar-refractivity contribution in [2.24, 2.45) is 5.92 Å². The summed E-state index contributed by atoms with van der Waals surface area (Å²) in [4.78, 5) is 37.5. The first-order valence-corrected chi connectivity index (χ1v) is 11.0. The lowest BCUT2D eigenvalue weighted by atomic mass is 9.96. The number of hydrogen-bond donors (Lipinski definition) is 0. The summed E-state index contributed by atoms with van der Waals surface area (Å²) < 4.78 is 36.6. The molecule has 1 amide bonds. The molecule has 0 radical (unpaired) electrons. The summed E-state index contributed by atoms with van der Waals surface area (Å²) in [5.41, 5.74) is 1.66. The molecule has 1 aliphatic heterocycles. The molecular formula is C20H28N2O7S. The lowest BCUT2D eigenvalue weighted by Crippen LogP contribution is -2.47. The number of sulfonamides is 1. The van der Waals surface area contributed by atoms with E-state index in [0.717, 1.165) is 10.5 Å². The minimum atomic E-state index is -3.66. The Bertz CT molecular complexity index is 888. The van der Waals surface area contributed by atoms with Gasteiger partial charge in [0.25, 0.3) is 0 Å². The zero-order chi connectivity index (χ0) is 22.5. The highest BCUT2D eigenvalue weighted by Crippen LogP contribution is 2.27. The molecule has 1 heterocycles. The Kier molecular flexibility index (Phi) is 7.96. The number of carbonyl (C=O) groups is 3. The molecule has 9 nitrogen and oxygen atoms in total. The Balaban J connectivity index is 2.09. The Morgan fingerprint density at radius 2 is 1.57 bits per heavy atom. The number of esters is 2. The number of rotatable bonds is 7. The van der Waals surface area contributed by atoms with Crippen LogP contribution in [0.5, 0.6) is 0 Å². The summed E-state index contributed by atoms with van der Waals surface area (Å²) in [6, 6.07) is 5.18. The van der Waals surface area contributed by atoms with Crippen molar-refractivity contribution in [3.63, 3.8) is 0 Å². The van der Waals surface area contributed by atoms with Gasteiger partial charge < -0.3 is 14.4 Å². The number of methoxy groups -OCH3 is 2. The SMILES string of the molecule is COC(=O)CN(CC(=O)OC)C(=O)C1CCN(S(=O)(=O)c2ccc(C)cc2C)CC1. The third-order valence-electron chi connectivity index (χ3n) is 5.16. The maximum atomic E-state index is 13.0. The van der Waals surface area contributed by atoms with Crippen molar-refractivity contribution in [1.29, 1.82) is 0 Å². The Morgan fingerprint density at radius 1 is 1.03 bits per heavy atom. The van der Waals surface area contributed by atoms with Gasteiger partial charge in [0.2, 0.25) is 15.9 Å². The van der Waals surface area contributed by atoms with E-state index in [0.29, 0.717) is 18.4 Å². The van der Waals surface area contributed by atoms with Crippen LogP contribution in [0.15, 0.2) is 23.1 Å². The maximum absolute atomic E-state index is 13.0. The predicted octanol–water partition coefficient (Wildman–Crippen LogP) is 0.879. The van der Waals surface area contributed by atoms with Gasteiger partial charge in [-0.3, -0.25) is 14.4 Å². The maximum Gasteiger partial charge on any atom is 0.325 e. The number of aryl methyl sites for hydroxylation is 2. The van der Waals surface area contributed by atoms with Gasteiger partial charge in [0, 0.05) is 19.0 Å². The summed E-state index contributed by atoms with van der Waals surface area (Å²) in [7, 11) is -1.28. The van der Waals surface area contributed by atoms with E-state index in [-0.39, 0.29) is 31.1 Å². The average molecular weight is 441 g/mol. The van der Waals surface area contributed by atoms with Crippen LogP contribution in [-0.2, 0) is 33.9 Å². The van der Waals surface area contributed by atoms with Gasteiger partial charge in [-0.05, 0) is 38.3 Å². The van der Waals surface area contributed by atoms with Crippen LogP contribution in [0, 0.1) is 19.8 Å². The molecule has 1 aromatic carbocycles. The van der Waals surface area contributed by atoms with Gasteiger partial charge in [-0.2, -0.15) is 4.31 Å². The Hall–Kier alpha value is -2.46. The molecule has 166 valence electrons. The van der Waals surface area contributed by atoms with Gasteiger partial charge in [0.05, 0.1) is 19.1 Å². The molecule has 1 saturated heterocycles. The van der Waals surface area contributed by atoms with E-state index in [9.17, 15) is 22.8 Å². The third-order valence-corrected chi connectivity index (χ3v) is 7.22. The van der Waals surface area contributed by atoms with E-state index >= 15 is 0 Å². The lowest BCUT2D eigenvalue weighted by molar-refractivity contribution is -0.154. The van der Waals surface area contributed by atoms with E-state index in [1.165, 1.54) is 18.5 Å². The molecule has 0 saturated carbocycles. The number of hydrogen-bond acceptors (Lipinski definition) is 7. The highest BCUT2D eigenvalue weighted by molar-refractivity contribution is 7.89. The van der Waals surface area contributed by atoms with Crippen molar-refractivity contribution in [2.45, 2.75) is 31.6 Å². The van der Waals surface area contributed by atoms with E-state index in [1.54, 1.807) is 19.1 Å². The van der Waals surface area contributed by atoms with Crippen molar-refractivity contribution in [3.8, 4) is 0 Å². The van der Waals surface area contributed by atoms with Crippen molar-refractivity contribution < 1.29 is 32.3 Å². The highest BCUT2D eigenvalue weighted by atomic mass is 32.2. The summed E-state index contributed by atoms with van der Waals surface area (Å²) in [6.07, 6.45) is 0.587. The molecule has 0 aliphatic carbocycles. The number of nitrogens with zero attached hydrogens (tertiary/aromatic N) is 2. The molecule has 0 aromatic heterocycles. The number of carbonyl (C=O) groups excluding carboxylic acids is 3. The van der Waals surface area contributed by atoms with Gasteiger partial charge in [0.1, 0.15) is 13.1 Å². The second-order valence-electron chi connectivity index (χ2n) is 7.29. The predicted molar refractivity (Wildman–Crippen MR) is 108 cm³/mol. The van der Waals surface area contributed by atoms with Gasteiger partial charge in [-0.1, -0.05) is 17.7 Å². The number of piperidine rings is 1. The van der Waals surface area contributed by atoms with Crippen LogP contribution in [0.1, 0.15) is 24.0 Å². The monoisotopic (exact) mass is 440 g/mol. The van der Waals surface area contributed by atoms with Crippen LogP contribution in [0.4, 0.5) is 0 Å². The largest absolute Gasteiger partial charge is 0.468 e. The van der Waals surface area contributed by atoms with Crippen molar-refractivity contribution in [2.75, 3.05) is 40.4 Å². The second kappa shape index (κ2) is 10.0. The van der Waals surface area contributed by atoms with Gasteiger partial charge in [-0.25, -0.2) is 8.42 Å². The fourth-order valence-corrected chi connectivity index (χ4v) is 5.16. The molecule has 1 aliphatic rings. The lowest BCUT2D eigenvalue weighted by Gasteiger charge is -2.33. The van der Waals surface area contributed by atoms with E-state index < -0.39 is 33.8 Å². The van der Waals surface area contributed by atoms with Gasteiger partial charge >= 0.3 is 11.9 Å². The number of ether oxygens (including phenoxy) is 2. The Morgan fingerprint density at radius 3 is 2.03 bits per heavy atom. The van der Waals surface area contributed by atoms with E-state index in [1.807, 2.05) is 13.0 Å². The van der Waals surface area contributed by atoms with Crippen molar-refractivity contribution >= 4 is 27.9 Å². The fourth-order valence-electron chi connectivity index (χ4n) is 3.48. The first-order chi connectivity index (χ1) is 14.1. The van der Waals surface area contributed by atoms with Gasteiger partial charge in [0.15, 0.2) is 0 Å². The normalized spacial score (nSPS) is 15.5. The van der Waals surface area contributed by atoms with Crippen LogP contribution in [0.3, 0.4) is 0 Å². The zero-order valence-electron chi connectivity index (χ0n) is 17.7. The first kappa shape index (κ1) is 23.8. The van der Waals surface area contributed by atoms with Crippen LogP contribution < -0.4 is 0 Å². The summed E-state index contributed by atoms with van der Waals surface area (Å²) >= 11 is 0.